The Hall–Kier alpha value is -1.74. The molecule has 0 bridgehead atoms. The average Bonchev–Trinajstić information content (AvgIpc) is 2.49. The number of ether oxygens (including phenoxy) is 1. The summed E-state index contributed by atoms with van der Waals surface area (Å²) < 4.78 is 5.93. The van der Waals surface area contributed by atoms with Gasteiger partial charge in [-0.1, -0.05) is 26.0 Å². The van der Waals surface area contributed by atoms with Gasteiger partial charge in [-0.15, -0.1) is 0 Å². The van der Waals surface area contributed by atoms with E-state index < -0.39 is 0 Å². The van der Waals surface area contributed by atoms with E-state index >= 15 is 0 Å². The number of nitrogens with zero attached hydrogens (tertiary/aromatic N) is 1. The normalized spacial score (nSPS) is 14.7. The van der Waals surface area contributed by atoms with E-state index in [0.717, 1.165) is 24.4 Å². The van der Waals surface area contributed by atoms with Gasteiger partial charge in [-0.3, -0.25) is 0 Å². The Morgan fingerprint density at radius 2 is 1.86 bits per heavy atom. The Kier molecular flexibility index (Phi) is 5.45. The van der Waals surface area contributed by atoms with Crippen molar-refractivity contribution in [3.05, 3.63) is 53.4 Å². The van der Waals surface area contributed by atoms with E-state index in [1.54, 1.807) is 0 Å². The summed E-state index contributed by atoms with van der Waals surface area (Å²) in [6.45, 7) is 5.24. The highest BCUT2D eigenvalue weighted by atomic mass is 16.5. The van der Waals surface area contributed by atoms with Gasteiger partial charge in [0.15, 0.2) is 0 Å². The second-order valence-corrected chi connectivity index (χ2v) is 5.76. The maximum atomic E-state index is 8.97. The Balaban J connectivity index is 1.98. The third-order valence-electron chi connectivity index (χ3n) is 3.81. The van der Waals surface area contributed by atoms with Gasteiger partial charge in [-0.25, -0.2) is 0 Å². The summed E-state index contributed by atoms with van der Waals surface area (Å²) in [5.74, 6) is 2.43. The molecule has 1 aliphatic rings. The molecule has 0 radical (unpaired) electrons. The van der Waals surface area contributed by atoms with Crippen LogP contribution in [0.1, 0.15) is 38.2 Å². The molecule has 3 nitrogen and oxygen atoms in total. The number of hydrogen-bond acceptors (Lipinski definition) is 3. The highest BCUT2D eigenvalue weighted by Gasteiger charge is 2.11. The van der Waals surface area contributed by atoms with E-state index in [9.17, 15) is 0 Å². The molecular formula is C18H25NO2. The number of aliphatic hydroxyl groups excluding tert-OH is 1. The molecule has 1 aliphatic carbocycles. The molecule has 1 N–H and O–H groups in total. The van der Waals surface area contributed by atoms with Gasteiger partial charge in [0.25, 0.3) is 0 Å². The molecule has 1 aromatic rings. The molecule has 0 saturated carbocycles. The summed E-state index contributed by atoms with van der Waals surface area (Å²) in [6, 6.07) is 8.32. The average molecular weight is 287 g/mol. The van der Waals surface area contributed by atoms with Crippen molar-refractivity contribution in [2.24, 2.45) is 0 Å². The molecule has 0 spiro atoms. The molecule has 0 atom stereocenters. The molecule has 21 heavy (non-hydrogen) atoms. The maximum absolute atomic E-state index is 8.97. The molecule has 114 valence electrons. The zero-order valence-electron chi connectivity index (χ0n) is 13.2. The molecule has 0 unspecified atom stereocenters. The molecule has 3 heteroatoms. The number of hydrogen-bond donors (Lipinski definition) is 1. The monoisotopic (exact) mass is 287 g/mol. The van der Waals surface area contributed by atoms with E-state index in [0.29, 0.717) is 12.5 Å². The SMILES string of the molecule is CC(C)c1ccc(OC2=CC=C(N(C)CCO)CC2)cc1. The lowest BCUT2D eigenvalue weighted by molar-refractivity contribution is 0.241. The summed E-state index contributed by atoms with van der Waals surface area (Å²) in [7, 11) is 2.01. The van der Waals surface area contributed by atoms with Gasteiger partial charge in [0, 0.05) is 25.7 Å². The minimum absolute atomic E-state index is 0.184. The summed E-state index contributed by atoms with van der Waals surface area (Å²) >= 11 is 0. The predicted molar refractivity (Wildman–Crippen MR) is 86.3 cm³/mol. The smallest absolute Gasteiger partial charge is 0.126 e. The van der Waals surface area contributed by atoms with Crippen LogP contribution >= 0.6 is 0 Å². The number of benzene rings is 1. The standard InChI is InChI=1S/C18H25NO2/c1-14(2)15-4-8-17(9-5-15)21-18-10-6-16(7-11-18)19(3)12-13-20/h4-6,8-10,14,20H,7,11-13H2,1-3H3. The molecular weight excluding hydrogens is 262 g/mol. The third-order valence-corrected chi connectivity index (χ3v) is 3.81. The van der Waals surface area contributed by atoms with Gasteiger partial charge in [-0.05, 0) is 42.2 Å². The maximum Gasteiger partial charge on any atom is 0.126 e. The first kappa shape index (κ1) is 15.6. The fourth-order valence-corrected chi connectivity index (χ4v) is 2.38. The molecule has 0 heterocycles. The Morgan fingerprint density at radius 1 is 1.14 bits per heavy atom. The Morgan fingerprint density at radius 3 is 2.38 bits per heavy atom. The van der Waals surface area contributed by atoms with Crippen molar-refractivity contribution < 1.29 is 9.84 Å². The lowest BCUT2D eigenvalue weighted by Crippen LogP contribution is -2.22. The number of likely N-dealkylation sites (N-methyl/N-ethyl adjacent to an activating group) is 1. The van der Waals surface area contributed by atoms with E-state index in [2.05, 4.69) is 37.0 Å². The Bertz CT molecular complexity index is 515. The number of allylic oxidation sites excluding steroid dienone is 4. The third kappa shape index (κ3) is 4.36. The zero-order valence-corrected chi connectivity index (χ0v) is 13.2. The van der Waals surface area contributed by atoms with Crippen LogP contribution in [0.15, 0.2) is 47.9 Å². The second kappa shape index (κ2) is 7.32. The molecule has 0 saturated heterocycles. The molecule has 0 fully saturated rings. The van der Waals surface area contributed by atoms with Gasteiger partial charge in [0.05, 0.1) is 6.61 Å². The Labute approximate surface area is 127 Å². The first-order valence-electron chi connectivity index (χ1n) is 7.59. The highest BCUT2D eigenvalue weighted by Crippen LogP contribution is 2.25. The molecule has 0 aliphatic heterocycles. The molecule has 1 aromatic carbocycles. The molecule has 0 amide bonds. The van der Waals surface area contributed by atoms with Gasteiger partial charge in [-0.2, -0.15) is 0 Å². The summed E-state index contributed by atoms with van der Waals surface area (Å²) in [4.78, 5) is 2.09. The number of aliphatic hydroxyl groups is 1. The number of rotatable bonds is 6. The van der Waals surface area contributed by atoms with Crippen molar-refractivity contribution >= 4 is 0 Å². The minimum Gasteiger partial charge on any atom is -0.462 e. The predicted octanol–water partition coefficient (Wildman–Crippen LogP) is 3.67. The quantitative estimate of drug-likeness (QED) is 0.866. The topological polar surface area (TPSA) is 32.7 Å². The first-order valence-corrected chi connectivity index (χ1v) is 7.59. The molecule has 0 aromatic heterocycles. The van der Waals surface area contributed by atoms with Gasteiger partial charge < -0.3 is 14.7 Å². The van der Waals surface area contributed by atoms with Crippen LogP contribution in [0.5, 0.6) is 5.75 Å². The zero-order chi connectivity index (χ0) is 15.2. The van der Waals surface area contributed by atoms with E-state index in [1.165, 1.54) is 11.3 Å². The van der Waals surface area contributed by atoms with E-state index in [4.69, 9.17) is 9.84 Å². The van der Waals surface area contributed by atoms with Crippen molar-refractivity contribution in [3.8, 4) is 5.75 Å². The first-order chi connectivity index (χ1) is 10.1. The van der Waals surface area contributed by atoms with Gasteiger partial charge in [0.1, 0.15) is 11.5 Å². The van der Waals surface area contributed by atoms with Crippen molar-refractivity contribution in [2.75, 3.05) is 20.2 Å². The van der Waals surface area contributed by atoms with Crippen molar-refractivity contribution in [1.82, 2.24) is 4.90 Å². The fourth-order valence-electron chi connectivity index (χ4n) is 2.38. The van der Waals surface area contributed by atoms with Crippen LogP contribution in [0.25, 0.3) is 0 Å². The van der Waals surface area contributed by atoms with Gasteiger partial charge >= 0.3 is 0 Å². The van der Waals surface area contributed by atoms with E-state index in [-0.39, 0.29) is 6.61 Å². The van der Waals surface area contributed by atoms with Crippen LogP contribution in [0.3, 0.4) is 0 Å². The lowest BCUT2D eigenvalue weighted by atomic mass is 10.0. The van der Waals surface area contributed by atoms with Crippen molar-refractivity contribution in [3.63, 3.8) is 0 Å². The van der Waals surface area contributed by atoms with Crippen LogP contribution in [0.2, 0.25) is 0 Å². The van der Waals surface area contributed by atoms with Crippen molar-refractivity contribution in [1.29, 1.82) is 0 Å². The molecule has 2 rings (SSSR count). The highest BCUT2D eigenvalue weighted by molar-refractivity contribution is 5.31. The van der Waals surface area contributed by atoms with Crippen LogP contribution in [-0.4, -0.2) is 30.2 Å². The fraction of sp³-hybridized carbons (Fsp3) is 0.444. The van der Waals surface area contributed by atoms with Crippen LogP contribution in [-0.2, 0) is 0 Å². The lowest BCUT2D eigenvalue weighted by Gasteiger charge is -2.24. The largest absolute Gasteiger partial charge is 0.462 e. The van der Waals surface area contributed by atoms with Gasteiger partial charge in [0.2, 0.25) is 0 Å². The van der Waals surface area contributed by atoms with Crippen LogP contribution in [0, 0.1) is 0 Å². The summed E-state index contributed by atoms with van der Waals surface area (Å²) in [6.07, 6.45) is 5.96. The van der Waals surface area contributed by atoms with Crippen LogP contribution < -0.4 is 4.74 Å². The summed E-state index contributed by atoms with van der Waals surface area (Å²) in [5, 5.41) is 8.97. The summed E-state index contributed by atoms with van der Waals surface area (Å²) in [5.41, 5.74) is 2.57. The van der Waals surface area contributed by atoms with Crippen molar-refractivity contribution in [2.45, 2.75) is 32.6 Å². The minimum atomic E-state index is 0.184. The van der Waals surface area contributed by atoms with E-state index in [1.807, 2.05) is 25.3 Å². The second-order valence-electron chi connectivity index (χ2n) is 5.76. The van der Waals surface area contributed by atoms with Crippen LogP contribution in [0.4, 0.5) is 0 Å².